The number of fused-ring (bicyclic) bond motifs is 1. The fourth-order valence-electron chi connectivity index (χ4n) is 7.36. The highest BCUT2D eigenvalue weighted by Crippen LogP contribution is 2.46. The molecule has 2 atom stereocenters. The first-order valence-corrected chi connectivity index (χ1v) is 18.3. The maximum absolute atomic E-state index is 14.5. The third kappa shape index (κ3) is 8.05. The monoisotopic (exact) mass is 652 g/mol. The first-order chi connectivity index (χ1) is 21.4. The van der Waals surface area contributed by atoms with Crippen LogP contribution in [0.2, 0.25) is 5.02 Å². The molecule has 242 valence electrons. The van der Waals surface area contributed by atoms with Crippen LogP contribution in [0, 0.1) is 11.3 Å². The molecule has 1 saturated heterocycles. The van der Waals surface area contributed by atoms with Gasteiger partial charge in [-0.2, -0.15) is 4.31 Å². The molecule has 10 heteroatoms. The smallest absolute Gasteiger partial charge is 0.270 e. The van der Waals surface area contributed by atoms with Gasteiger partial charge in [-0.1, -0.05) is 67.3 Å². The lowest BCUT2D eigenvalue weighted by molar-refractivity contribution is -0.138. The molecular weight excluding hydrogens is 608 g/mol. The van der Waals surface area contributed by atoms with Gasteiger partial charge < -0.3 is 10.2 Å². The molecule has 3 aromatic rings. The molecule has 1 aliphatic carbocycles. The number of aromatic nitrogens is 1. The number of hydrogen-bond donors (Lipinski definition) is 1. The SMILES string of the molecule is CC(C)N(CC1(C2CCCCC2)CCCN(C(=O)C(Cc2ccc(Cl)cc2)NC(=O)c2cc3ccccc3cn2)C1)S(C)(=O)=O. The van der Waals surface area contributed by atoms with E-state index in [0.29, 0.717) is 37.0 Å². The molecule has 1 N–H and O–H groups in total. The predicted octanol–water partition coefficient (Wildman–Crippen LogP) is 6.09. The van der Waals surface area contributed by atoms with Crippen molar-refractivity contribution < 1.29 is 18.0 Å². The Balaban J connectivity index is 1.44. The number of nitrogens with zero attached hydrogens (tertiary/aromatic N) is 3. The summed E-state index contributed by atoms with van der Waals surface area (Å²) >= 11 is 6.15. The van der Waals surface area contributed by atoms with Gasteiger partial charge in [-0.05, 0) is 74.6 Å². The number of carbonyl (C=O) groups is 2. The van der Waals surface area contributed by atoms with E-state index in [0.717, 1.165) is 54.9 Å². The normalized spacial score (nSPS) is 20.4. The second-order valence-corrected chi connectivity index (χ2v) is 15.6. The highest BCUT2D eigenvalue weighted by Gasteiger charge is 2.47. The minimum atomic E-state index is -3.45. The number of sulfonamides is 1. The van der Waals surface area contributed by atoms with Gasteiger partial charge in [0.2, 0.25) is 15.9 Å². The molecular formula is C35H45ClN4O4S. The summed E-state index contributed by atoms with van der Waals surface area (Å²) in [5.41, 5.74) is 0.776. The van der Waals surface area contributed by atoms with Crippen LogP contribution < -0.4 is 5.32 Å². The summed E-state index contributed by atoms with van der Waals surface area (Å²) in [4.78, 5) is 34.3. The van der Waals surface area contributed by atoms with Gasteiger partial charge in [0, 0.05) is 54.1 Å². The van der Waals surface area contributed by atoms with E-state index in [1.165, 1.54) is 12.7 Å². The first-order valence-electron chi connectivity index (χ1n) is 16.1. The van der Waals surface area contributed by atoms with Crippen molar-refractivity contribution in [3.8, 4) is 0 Å². The summed E-state index contributed by atoms with van der Waals surface area (Å²) in [6.07, 6.45) is 10.4. The molecule has 0 radical (unpaired) electrons. The molecule has 2 aromatic carbocycles. The van der Waals surface area contributed by atoms with Gasteiger partial charge in [0.05, 0.1) is 6.26 Å². The van der Waals surface area contributed by atoms with Crippen LogP contribution in [0.3, 0.4) is 0 Å². The number of likely N-dealkylation sites (tertiary alicyclic amines) is 1. The Labute approximate surface area is 272 Å². The maximum Gasteiger partial charge on any atom is 0.270 e. The molecule has 2 amide bonds. The highest BCUT2D eigenvalue weighted by atomic mass is 35.5. The van der Waals surface area contributed by atoms with Crippen molar-refractivity contribution >= 4 is 44.2 Å². The van der Waals surface area contributed by atoms with Crippen LogP contribution in [0.5, 0.6) is 0 Å². The van der Waals surface area contributed by atoms with E-state index < -0.39 is 22.0 Å². The van der Waals surface area contributed by atoms with Crippen molar-refractivity contribution in [2.45, 2.75) is 77.3 Å². The molecule has 0 spiro atoms. The topological polar surface area (TPSA) is 99.7 Å². The average Bonchev–Trinajstić information content (AvgIpc) is 3.03. The number of pyridine rings is 1. The molecule has 1 aliphatic heterocycles. The zero-order valence-electron chi connectivity index (χ0n) is 26.5. The van der Waals surface area contributed by atoms with Crippen molar-refractivity contribution in [1.29, 1.82) is 0 Å². The molecule has 8 nitrogen and oxygen atoms in total. The Morgan fingerprint density at radius 2 is 1.73 bits per heavy atom. The molecule has 2 aliphatic rings. The number of amides is 2. The lowest BCUT2D eigenvalue weighted by atomic mass is 9.64. The number of carbonyl (C=O) groups excluding carboxylic acids is 2. The lowest BCUT2D eigenvalue weighted by Gasteiger charge is -2.51. The van der Waals surface area contributed by atoms with E-state index in [4.69, 9.17) is 11.6 Å². The Morgan fingerprint density at radius 3 is 2.40 bits per heavy atom. The number of halogens is 1. The number of piperidine rings is 1. The number of nitrogens with one attached hydrogen (secondary N) is 1. The van der Waals surface area contributed by atoms with Gasteiger partial charge in [-0.3, -0.25) is 14.6 Å². The van der Waals surface area contributed by atoms with Crippen LogP contribution in [0.15, 0.2) is 60.8 Å². The van der Waals surface area contributed by atoms with E-state index >= 15 is 0 Å². The van der Waals surface area contributed by atoms with Gasteiger partial charge in [-0.25, -0.2) is 8.42 Å². The molecule has 5 rings (SSSR count). The zero-order chi connectivity index (χ0) is 32.2. The summed E-state index contributed by atoms with van der Waals surface area (Å²) in [6, 6.07) is 15.8. The first kappa shape index (κ1) is 33.4. The van der Waals surface area contributed by atoms with Crippen molar-refractivity contribution in [2.24, 2.45) is 11.3 Å². The molecule has 1 aromatic heterocycles. The van der Waals surface area contributed by atoms with E-state index in [1.54, 1.807) is 28.7 Å². The third-order valence-corrected chi connectivity index (χ3v) is 11.3. The Bertz CT molecular complexity index is 1610. The highest BCUT2D eigenvalue weighted by molar-refractivity contribution is 7.88. The third-order valence-electron chi connectivity index (χ3n) is 9.68. The molecule has 2 fully saturated rings. The second-order valence-electron chi connectivity index (χ2n) is 13.2. The molecule has 0 bridgehead atoms. The van der Waals surface area contributed by atoms with Crippen LogP contribution >= 0.6 is 11.6 Å². The maximum atomic E-state index is 14.5. The van der Waals surface area contributed by atoms with Crippen LogP contribution in [0.1, 0.15) is 74.8 Å². The van der Waals surface area contributed by atoms with Crippen LogP contribution in [0.4, 0.5) is 0 Å². The minimum Gasteiger partial charge on any atom is -0.340 e. The second kappa shape index (κ2) is 14.2. The number of benzene rings is 2. The quantitative estimate of drug-likeness (QED) is 0.286. The fourth-order valence-corrected chi connectivity index (χ4v) is 8.75. The van der Waals surface area contributed by atoms with Gasteiger partial charge >= 0.3 is 0 Å². The summed E-state index contributed by atoms with van der Waals surface area (Å²) in [5, 5.41) is 5.44. The molecule has 2 unspecified atom stereocenters. The minimum absolute atomic E-state index is 0.158. The van der Waals surface area contributed by atoms with E-state index in [9.17, 15) is 18.0 Å². The number of rotatable bonds is 10. The van der Waals surface area contributed by atoms with Crippen molar-refractivity contribution in [3.05, 3.63) is 77.1 Å². The van der Waals surface area contributed by atoms with E-state index in [2.05, 4.69) is 10.3 Å². The summed E-state index contributed by atoms with van der Waals surface area (Å²) in [6.45, 7) is 5.26. The Morgan fingerprint density at radius 1 is 1.04 bits per heavy atom. The average molecular weight is 653 g/mol. The summed E-state index contributed by atoms with van der Waals surface area (Å²) in [7, 11) is -3.45. The van der Waals surface area contributed by atoms with Gasteiger partial charge in [0.1, 0.15) is 11.7 Å². The zero-order valence-corrected chi connectivity index (χ0v) is 28.1. The fraction of sp³-hybridized carbons (Fsp3) is 0.514. The van der Waals surface area contributed by atoms with Gasteiger partial charge in [0.15, 0.2) is 0 Å². The molecule has 2 heterocycles. The van der Waals surface area contributed by atoms with Crippen LogP contribution in [0.25, 0.3) is 10.8 Å². The van der Waals surface area contributed by atoms with Gasteiger partial charge in [0.25, 0.3) is 5.91 Å². The van der Waals surface area contributed by atoms with E-state index in [-0.39, 0.29) is 23.1 Å². The summed E-state index contributed by atoms with van der Waals surface area (Å²) < 4.78 is 27.5. The largest absolute Gasteiger partial charge is 0.340 e. The number of hydrogen-bond acceptors (Lipinski definition) is 5. The summed E-state index contributed by atoms with van der Waals surface area (Å²) in [5.74, 6) is -0.239. The van der Waals surface area contributed by atoms with Crippen LogP contribution in [-0.4, -0.2) is 72.4 Å². The molecule has 45 heavy (non-hydrogen) atoms. The lowest BCUT2D eigenvalue weighted by Crippen LogP contribution is -2.59. The Kier molecular flexibility index (Phi) is 10.5. The van der Waals surface area contributed by atoms with Crippen molar-refractivity contribution in [1.82, 2.24) is 19.5 Å². The Hall–Kier alpha value is -3.01. The van der Waals surface area contributed by atoms with Crippen molar-refractivity contribution in [2.75, 3.05) is 25.9 Å². The van der Waals surface area contributed by atoms with Crippen LogP contribution in [-0.2, 0) is 21.2 Å². The van der Waals surface area contributed by atoms with Gasteiger partial charge in [-0.15, -0.1) is 0 Å². The predicted molar refractivity (Wildman–Crippen MR) is 180 cm³/mol. The van der Waals surface area contributed by atoms with E-state index in [1.807, 2.05) is 55.1 Å². The van der Waals surface area contributed by atoms with Crippen molar-refractivity contribution in [3.63, 3.8) is 0 Å². The standard InChI is InChI=1S/C35H45ClN4O4S/c1-25(2)40(45(3,43)44)24-35(29-12-5-4-6-13-29)18-9-19-39(23-35)34(42)32(20-26-14-16-30(36)17-15-26)38-33(41)31-21-27-10-7-8-11-28(27)22-37-31/h7-8,10-11,14-17,21-22,25,29,32H,4-6,9,12-13,18-20,23-24H2,1-3H3,(H,38,41). The molecule has 1 saturated carbocycles.